The molecule has 0 bridgehead atoms. The summed E-state index contributed by atoms with van der Waals surface area (Å²) in [4.78, 5) is 2.38. The third-order valence-electron chi connectivity index (χ3n) is 11.3. The van der Waals surface area contributed by atoms with Gasteiger partial charge in [-0.1, -0.05) is 121 Å². The van der Waals surface area contributed by atoms with Crippen molar-refractivity contribution in [3.63, 3.8) is 0 Å². The van der Waals surface area contributed by atoms with Gasteiger partial charge in [0.05, 0.1) is 16.8 Å². The SMILES string of the molecule is c1ccc(N(c2ccc(-c3cccc4oc5ccccc5c34)cc2)c2cccc3oc4ccccc4c23)c(-c2ccc3oc4c5ccccc5ccc4c3c2)c1. The van der Waals surface area contributed by atoms with Crippen molar-refractivity contribution >= 4 is 93.7 Å². The van der Waals surface area contributed by atoms with E-state index >= 15 is 0 Å². The molecule has 0 aliphatic heterocycles. The highest BCUT2D eigenvalue weighted by atomic mass is 16.3. The van der Waals surface area contributed by atoms with Crippen LogP contribution >= 0.6 is 0 Å². The Bertz CT molecular complexity index is 3490. The van der Waals surface area contributed by atoms with E-state index in [4.69, 9.17) is 13.3 Å². The minimum absolute atomic E-state index is 0.847. The van der Waals surface area contributed by atoms with E-state index < -0.39 is 0 Å². The van der Waals surface area contributed by atoms with Crippen LogP contribution in [0.5, 0.6) is 0 Å². The Morgan fingerprint density at radius 1 is 0.321 bits per heavy atom. The molecule has 262 valence electrons. The van der Waals surface area contributed by atoms with Crippen molar-refractivity contribution in [2.75, 3.05) is 4.90 Å². The second kappa shape index (κ2) is 12.0. The fourth-order valence-electron chi connectivity index (χ4n) is 8.74. The lowest BCUT2D eigenvalue weighted by atomic mass is 9.97. The molecule has 0 radical (unpaired) electrons. The molecule has 0 aliphatic rings. The van der Waals surface area contributed by atoms with Crippen molar-refractivity contribution < 1.29 is 13.3 Å². The molecule has 4 heteroatoms. The van der Waals surface area contributed by atoms with Crippen LogP contribution in [0.25, 0.3) is 98.8 Å². The lowest BCUT2D eigenvalue weighted by Crippen LogP contribution is -2.11. The monoisotopic (exact) mass is 717 g/mol. The number of anilines is 3. The first kappa shape index (κ1) is 30.9. The number of benzene rings is 9. The number of hydrogen-bond donors (Lipinski definition) is 0. The van der Waals surface area contributed by atoms with Crippen LogP contribution in [0.1, 0.15) is 0 Å². The van der Waals surface area contributed by atoms with Crippen molar-refractivity contribution in [1.82, 2.24) is 0 Å². The van der Waals surface area contributed by atoms with Crippen LogP contribution in [0.15, 0.2) is 201 Å². The van der Waals surface area contributed by atoms with Gasteiger partial charge in [-0.05, 0) is 88.8 Å². The normalized spacial score (nSPS) is 11.9. The first-order valence-corrected chi connectivity index (χ1v) is 18.9. The minimum atomic E-state index is 0.847. The Kier molecular flexibility index (Phi) is 6.60. The van der Waals surface area contributed by atoms with Gasteiger partial charge in [0.1, 0.15) is 33.5 Å². The number of rotatable bonds is 5. The van der Waals surface area contributed by atoms with Crippen LogP contribution in [0.2, 0.25) is 0 Å². The molecule has 3 aromatic heterocycles. The van der Waals surface area contributed by atoms with Gasteiger partial charge in [0.25, 0.3) is 0 Å². The molecule has 0 saturated carbocycles. The molecule has 0 unspecified atom stereocenters. The lowest BCUT2D eigenvalue weighted by molar-refractivity contribution is 0.668. The van der Waals surface area contributed by atoms with Crippen LogP contribution in [0.3, 0.4) is 0 Å². The number of nitrogens with zero attached hydrogens (tertiary/aromatic N) is 1. The van der Waals surface area contributed by atoms with Crippen molar-refractivity contribution in [3.8, 4) is 22.3 Å². The van der Waals surface area contributed by atoms with E-state index in [2.05, 4.69) is 163 Å². The highest BCUT2D eigenvalue weighted by Gasteiger charge is 2.23. The van der Waals surface area contributed by atoms with E-state index in [0.29, 0.717) is 0 Å². The zero-order chi connectivity index (χ0) is 36.7. The molecule has 0 N–H and O–H groups in total. The van der Waals surface area contributed by atoms with E-state index in [-0.39, 0.29) is 0 Å². The van der Waals surface area contributed by atoms with Crippen molar-refractivity contribution in [3.05, 3.63) is 188 Å². The van der Waals surface area contributed by atoms with E-state index in [1.807, 2.05) is 30.3 Å². The second-order valence-corrected chi connectivity index (χ2v) is 14.4. The first-order chi connectivity index (χ1) is 27.8. The molecule has 56 heavy (non-hydrogen) atoms. The quantitative estimate of drug-likeness (QED) is 0.178. The summed E-state index contributed by atoms with van der Waals surface area (Å²) in [6, 6.07) is 66.1. The van der Waals surface area contributed by atoms with E-state index in [1.54, 1.807) is 0 Å². The zero-order valence-electron chi connectivity index (χ0n) is 30.1. The Morgan fingerprint density at radius 3 is 1.73 bits per heavy atom. The molecule has 0 saturated heterocycles. The molecule has 0 aliphatic carbocycles. The fourth-order valence-corrected chi connectivity index (χ4v) is 8.74. The minimum Gasteiger partial charge on any atom is -0.456 e. The molecule has 0 fully saturated rings. The van der Waals surface area contributed by atoms with Crippen molar-refractivity contribution in [2.45, 2.75) is 0 Å². The Hall–Kier alpha value is -7.56. The van der Waals surface area contributed by atoms with Crippen LogP contribution in [-0.4, -0.2) is 0 Å². The van der Waals surface area contributed by atoms with Gasteiger partial charge < -0.3 is 18.2 Å². The van der Waals surface area contributed by atoms with E-state index in [1.165, 1.54) is 5.39 Å². The molecule has 12 rings (SSSR count). The molecule has 9 aromatic carbocycles. The topological polar surface area (TPSA) is 42.7 Å². The summed E-state index contributed by atoms with van der Waals surface area (Å²) in [7, 11) is 0. The predicted octanol–water partition coefficient (Wildman–Crippen LogP) is 15.3. The molecular weight excluding hydrogens is 687 g/mol. The number of fused-ring (bicyclic) bond motifs is 11. The number of para-hydroxylation sites is 3. The summed E-state index contributed by atoms with van der Waals surface area (Å²) >= 11 is 0. The smallest absolute Gasteiger partial charge is 0.143 e. The largest absolute Gasteiger partial charge is 0.456 e. The summed E-state index contributed by atoms with van der Waals surface area (Å²) in [6.07, 6.45) is 0. The highest BCUT2D eigenvalue weighted by Crippen LogP contribution is 2.47. The van der Waals surface area contributed by atoms with Gasteiger partial charge in [-0.15, -0.1) is 0 Å². The van der Waals surface area contributed by atoms with E-state index in [0.717, 1.165) is 111 Å². The van der Waals surface area contributed by atoms with Crippen molar-refractivity contribution in [1.29, 1.82) is 0 Å². The molecule has 3 heterocycles. The van der Waals surface area contributed by atoms with Gasteiger partial charge in [0.2, 0.25) is 0 Å². The van der Waals surface area contributed by atoms with Gasteiger partial charge in [-0.25, -0.2) is 0 Å². The predicted molar refractivity (Wildman–Crippen MR) is 231 cm³/mol. The summed E-state index contributed by atoms with van der Waals surface area (Å²) in [5, 5.41) is 8.89. The lowest BCUT2D eigenvalue weighted by Gasteiger charge is -2.28. The van der Waals surface area contributed by atoms with Gasteiger partial charge >= 0.3 is 0 Å². The maximum atomic E-state index is 6.52. The Morgan fingerprint density at radius 2 is 0.911 bits per heavy atom. The molecule has 0 spiro atoms. The summed E-state index contributed by atoms with van der Waals surface area (Å²) in [6.45, 7) is 0. The van der Waals surface area contributed by atoms with Crippen LogP contribution in [0.4, 0.5) is 17.1 Å². The molecule has 0 amide bonds. The van der Waals surface area contributed by atoms with Gasteiger partial charge in [-0.2, -0.15) is 0 Å². The summed E-state index contributed by atoms with van der Waals surface area (Å²) < 4.78 is 19.2. The summed E-state index contributed by atoms with van der Waals surface area (Å²) in [5.74, 6) is 0. The maximum absolute atomic E-state index is 6.52. The third kappa shape index (κ3) is 4.60. The molecular formula is C52H31NO3. The molecule has 12 aromatic rings. The van der Waals surface area contributed by atoms with Gasteiger partial charge in [-0.3, -0.25) is 0 Å². The molecule has 0 atom stereocenters. The van der Waals surface area contributed by atoms with Crippen LogP contribution in [-0.2, 0) is 0 Å². The first-order valence-electron chi connectivity index (χ1n) is 18.9. The second-order valence-electron chi connectivity index (χ2n) is 14.4. The Balaban J connectivity index is 1.07. The highest BCUT2D eigenvalue weighted by molar-refractivity contribution is 6.17. The Labute approximate surface area is 321 Å². The van der Waals surface area contributed by atoms with Gasteiger partial charge in [0, 0.05) is 43.6 Å². The average Bonchev–Trinajstić information content (AvgIpc) is 3.96. The number of hydrogen-bond acceptors (Lipinski definition) is 4. The fraction of sp³-hybridized carbons (Fsp3) is 0. The number of furan rings is 3. The van der Waals surface area contributed by atoms with E-state index in [9.17, 15) is 0 Å². The third-order valence-corrected chi connectivity index (χ3v) is 11.3. The maximum Gasteiger partial charge on any atom is 0.143 e. The average molecular weight is 718 g/mol. The van der Waals surface area contributed by atoms with Crippen LogP contribution < -0.4 is 4.90 Å². The van der Waals surface area contributed by atoms with Crippen molar-refractivity contribution in [2.24, 2.45) is 0 Å². The van der Waals surface area contributed by atoms with Gasteiger partial charge in [0.15, 0.2) is 0 Å². The summed E-state index contributed by atoms with van der Waals surface area (Å²) in [5.41, 5.74) is 12.9. The molecule has 4 nitrogen and oxygen atoms in total. The zero-order valence-corrected chi connectivity index (χ0v) is 30.1. The standard InChI is InChI=1S/C52H31NO3/c1-2-13-38-32(11-1)25-29-39-42-31-34(26-30-47(42)56-52(38)39)36-12-3-6-17-43(36)53(44-18-10-22-49-51(44)41-15-5-8-20-46(41)55-49)35-27-23-33(24-28-35)37-16-9-21-48-50(37)40-14-4-7-19-45(40)54-48/h1-31H. The van der Waals surface area contributed by atoms with Crippen LogP contribution in [0, 0.1) is 0 Å².